The van der Waals surface area contributed by atoms with Crippen LogP contribution >= 0.6 is 0 Å². The third kappa shape index (κ3) is 4.54. The molecule has 1 aromatic carbocycles. The molecule has 2 saturated heterocycles. The molecular weight excluding hydrogens is 490 g/mol. The van der Waals surface area contributed by atoms with Crippen molar-refractivity contribution in [2.45, 2.75) is 50.3 Å². The standard InChI is InChI=1S/C26H27F4N5O2/c27-17-8-10-33(13-17)24-18(4-3-9-31-24)16-6-7-19-21(12-16)34(15-26(28,29)30)25(36)20-14-35(32-23(19)20)22-5-1-2-11-37-22/h3-4,6-7,9,12,14,17,22-23,32H,1-2,5,8,10-11,13,15H2. The Morgan fingerprint density at radius 3 is 2.76 bits per heavy atom. The summed E-state index contributed by atoms with van der Waals surface area (Å²) in [5.74, 6) is -0.115. The molecule has 196 valence electrons. The van der Waals surface area contributed by atoms with Crippen molar-refractivity contribution >= 4 is 17.4 Å². The molecule has 0 aliphatic carbocycles. The van der Waals surface area contributed by atoms with Gasteiger partial charge in [-0.15, -0.1) is 0 Å². The van der Waals surface area contributed by atoms with E-state index in [0.717, 1.165) is 24.2 Å². The minimum absolute atomic E-state index is 0.195. The van der Waals surface area contributed by atoms with Crippen LogP contribution in [0.3, 0.4) is 0 Å². The number of fused-ring (bicyclic) bond motifs is 3. The Labute approximate surface area is 211 Å². The molecule has 11 heteroatoms. The second-order valence-electron chi connectivity index (χ2n) is 9.86. The zero-order valence-electron chi connectivity index (χ0n) is 20.0. The van der Waals surface area contributed by atoms with Crippen molar-refractivity contribution in [3.8, 4) is 11.1 Å². The molecule has 3 atom stereocenters. The van der Waals surface area contributed by atoms with E-state index in [1.165, 1.54) is 0 Å². The fourth-order valence-electron chi connectivity index (χ4n) is 5.58. The summed E-state index contributed by atoms with van der Waals surface area (Å²) in [6.07, 6.45) is 0.469. The molecule has 1 amide bonds. The molecule has 2 fully saturated rings. The average molecular weight is 518 g/mol. The highest BCUT2D eigenvalue weighted by molar-refractivity contribution is 6.10. The normalized spacial score (nSPS) is 25.8. The number of pyridine rings is 1. The number of carbonyl (C=O) groups is 1. The van der Waals surface area contributed by atoms with Crippen LogP contribution in [-0.4, -0.2) is 60.7 Å². The lowest BCUT2D eigenvalue weighted by Gasteiger charge is -2.35. The lowest BCUT2D eigenvalue weighted by molar-refractivity contribution is -0.130. The van der Waals surface area contributed by atoms with E-state index in [9.17, 15) is 22.4 Å². The second-order valence-corrected chi connectivity index (χ2v) is 9.86. The fourth-order valence-corrected chi connectivity index (χ4v) is 5.58. The molecule has 0 radical (unpaired) electrons. The molecular formula is C26H27F4N5O2. The first-order valence-electron chi connectivity index (χ1n) is 12.5. The number of hydrogen-bond donors (Lipinski definition) is 1. The molecule has 6 rings (SSSR count). The van der Waals surface area contributed by atoms with E-state index in [-0.39, 0.29) is 24.0 Å². The highest BCUT2D eigenvalue weighted by atomic mass is 19.4. The molecule has 5 heterocycles. The largest absolute Gasteiger partial charge is 0.406 e. The molecule has 4 aliphatic rings. The first-order chi connectivity index (χ1) is 17.8. The van der Waals surface area contributed by atoms with Gasteiger partial charge in [-0.05, 0) is 55.0 Å². The first kappa shape index (κ1) is 24.2. The number of anilines is 2. The van der Waals surface area contributed by atoms with Crippen molar-refractivity contribution in [1.82, 2.24) is 15.4 Å². The van der Waals surface area contributed by atoms with Crippen LogP contribution in [0.1, 0.15) is 37.3 Å². The first-order valence-corrected chi connectivity index (χ1v) is 12.5. The molecule has 0 spiro atoms. The number of aromatic nitrogens is 1. The summed E-state index contributed by atoms with van der Waals surface area (Å²) in [7, 11) is 0. The van der Waals surface area contributed by atoms with Gasteiger partial charge in [0, 0.05) is 31.1 Å². The summed E-state index contributed by atoms with van der Waals surface area (Å²) < 4.78 is 60.6. The molecule has 4 aliphatic heterocycles. The quantitative estimate of drug-likeness (QED) is 0.604. The number of amides is 1. The van der Waals surface area contributed by atoms with Crippen molar-refractivity contribution in [2.24, 2.45) is 0 Å². The Bertz CT molecular complexity index is 1230. The minimum atomic E-state index is -4.58. The van der Waals surface area contributed by atoms with Crippen LogP contribution in [0.15, 0.2) is 48.3 Å². The summed E-state index contributed by atoms with van der Waals surface area (Å²) in [5, 5.41) is 1.71. The van der Waals surface area contributed by atoms with Gasteiger partial charge in [-0.3, -0.25) is 14.7 Å². The average Bonchev–Trinajstić information content (AvgIpc) is 3.53. The van der Waals surface area contributed by atoms with Crippen molar-refractivity contribution in [3.63, 3.8) is 0 Å². The van der Waals surface area contributed by atoms with Crippen LogP contribution in [0.25, 0.3) is 11.1 Å². The van der Waals surface area contributed by atoms with E-state index in [1.807, 2.05) is 17.0 Å². The summed E-state index contributed by atoms with van der Waals surface area (Å²) in [6.45, 7) is -0.0822. The summed E-state index contributed by atoms with van der Waals surface area (Å²) in [4.78, 5) is 20.5. The van der Waals surface area contributed by atoms with Gasteiger partial charge in [0.1, 0.15) is 24.8 Å². The van der Waals surface area contributed by atoms with Crippen molar-refractivity contribution < 1.29 is 27.1 Å². The highest BCUT2D eigenvalue weighted by Gasteiger charge is 2.45. The summed E-state index contributed by atoms with van der Waals surface area (Å²) >= 11 is 0. The number of hydrogen-bond acceptors (Lipinski definition) is 6. The number of halogens is 4. The van der Waals surface area contributed by atoms with Crippen LogP contribution in [0, 0.1) is 0 Å². The van der Waals surface area contributed by atoms with Gasteiger partial charge in [-0.1, -0.05) is 12.1 Å². The van der Waals surface area contributed by atoms with E-state index in [4.69, 9.17) is 4.74 Å². The molecule has 0 bridgehead atoms. The predicted octanol–water partition coefficient (Wildman–Crippen LogP) is 4.48. The molecule has 0 saturated carbocycles. The number of hydrazine groups is 1. The molecule has 2 aromatic rings. The Kier molecular flexibility index (Phi) is 6.07. The maximum atomic E-state index is 13.9. The monoisotopic (exact) mass is 517 g/mol. The highest BCUT2D eigenvalue weighted by Crippen LogP contribution is 2.45. The molecule has 3 unspecified atom stereocenters. The van der Waals surface area contributed by atoms with Gasteiger partial charge >= 0.3 is 6.18 Å². The second kappa shape index (κ2) is 9.29. The van der Waals surface area contributed by atoms with E-state index < -0.39 is 30.8 Å². The Balaban J connectivity index is 1.40. The minimum Gasteiger partial charge on any atom is -0.357 e. The number of ether oxygens (including phenoxy) is 1. The van der Waals surface area contributed by atoms with Gasteiger partial charge < -0.3 is 9.64 Å². The SMILES string of the molecule is O=C1C2=CN(C3CCCCO3)NC2c2ccc(-c3cccnc3N3CCC(F)C3)cc2N1CC(F)(F)F. The third-order valence-electron chi connectivity index (χ3n) is 7.32. The van der Waals surface area contributed by atoms with Gasteiger partial charge in [0.05, 0.1) is 23.8 Å². The van der Waals surface area contributed by atoms with Crippen molar-refractivity contribution in [3.05, 3.63) is 53.9 Å². The Morgan fingerprint density at radius 2 is 2.03 bits per heavy atom. The van der Waals surface area contributed by atoms with Gasteiger partial charge in [0.15, 0.2) is 0 Å². The summed E-state index contributed by atoms with van der Waals surface area (Å²) in [5.41, 5.74) is 5.60. The van der Waals surface area contributed by atoms with Gasteiger partial charge in [-0.25, -0.2) is 14.8 Å². The predicted molar refractivity (Wildman–Crippen MR) is 129 cm³/mol. The molecule has 37 heavy (non-hydrogen) atoms. The zero-order valence-corrected chi connectivity index (χ0v) is 20.0. The maximum Gasteiger partial charge on any atom is 0.406 e. The number of alkyl halides is 4. The van der Waals surface area contributed by atoms with E-state index in [2.05, 4.69) is 10.4 Å². The topological polar surface area (TPSA) is 60.9 Å². The van der Waals surface area contributed by atoms with E-state index in [0.29, 0.717) is 42.1 Å². The number of carbonyl (C=O) groups excluding carboxylic acids is 1. The number of nitrogens with zero attached hydrogens (tertiary/aromatic N) is 4. The number of rotatable bonds is 4. The van der Waals surface area contributed by atoms with Crippen LogP contribution in [0.2, 0.25) is 0 Å². The van der Waals surface area contributed by atoms with Crippen LogP contribution in [-0.2, 0) is 9.53 Å². The Morgan fingerprint density at radius 1 is 1.16 bits per heavy atom. The lowest BCUT2D eigenvalue weighted by atomic mass is 9.90. The smallest absolute Gasteiger partial charge is 0.357 e. The summed E-state index contributed by atoms with van der Waals surface area (Å²) in [6, 6.07) is 8.17. The lowest BCUT2D eigenvalue weighted by Crippen LogP contribution is -2.46. The van der Waals surface area contributed by atoms with E-state index in [1.54, 1.807) is 35.6 Å². The van der Waals surface area contributed by atoms with Crippen LogP contribution < -0.4 is 15.2 Å². The zero-order chi connectivity index (χ0) is 25.7. The van der Waals surface area contributed by atoms with E-state index >= 15 is 0 Å². The van der Waals surface area contributed by atoms with Crippen LogP contribution in [0.5, 0.6) is 0 Å². The number of benzene rings is 1. The molecule has 7 nitrogen and oxygen atoms in total. The van der Waals surface area contributed by atoms with Crippen molar-refractivity contribution in [1.29, 1.82) is 0 Å². The Hall–Kier alpha value is -3.18. The fraction of sp³-hybridized carbons (Fsp3) is 0.462. The molecule has 1 N–H and O–H groups in total. The molecule has 1 aromatic heterocycles. The number of nitrogens with one attached hydrogen (secondary N) is 1. The van der Waals surface area contributed by atoms with Crippen LogP contribution in [0.4, 0.5) is 29.1 Å². The third-order valence-corrected chi connectivity index (χ3v) is 7.32. The van der Waals surface area contributed by atoms with Crippen molar-refractivity contribution in [2.75, 3.05) is 36.0 Å². The maximum absolute atomic E-state index is 13.9. The van der Waals surface area contributed by atoms with Gasteiger partial charge in [0.2, 0.25) is 0 Å². The van der Waals surface area contributed by atoms with Gasteiger partial charge in [0.25, 0.3) is 5.91 Å². The van der Waals surface area contributed by atoms with Gasteiger partial charge in [-0.2, -0.15) is 13.2 Å².